The van der Waals surface area contributed by atoms with Gasteiger partial charge in [-0.1, -0.05) is 12.2 Å². The van der Waals surface area contributed by atoms with Crippen molar-refractivity contribution in [1.29, 1.82) is 0 Å². The summed E-state index contributed by atoms with van der Waals surface area (Å²) >= 11 is 0. The SMILES string of the molecule is CCNC(=O)C(C)(C)CNC[C@@H]1CC=CCC1. The van der Waals surface area contributed by atoms with E-state index in [1.165, 1.54) is 19.3 Å². The quantitative estimate of drug-likeness (QED) is 0.696. The molecular formula is C14H26N2O. The summed E-state index contributed by atoms with van der Waals surface area (Å²) < 4.78 is 0. The van der Waals surface area contributed by atoms with E-state index in [1.807, 2.05) is 20.8 Å². The van der Waals surface area contributed by atoms with Crippen molar-refractivity contribution in [2.24, 2.45) is 11.3 Å². The molecule has 98 valence electrons. The average Bonchev–Trinajstić information content (AvgIpc) is 2.30. The number of amides is 1. The second-order valence-electron chi connectivity index (χ2n) is 5.52. The first-order valence-corrected chi connectivity index (χ1v) is 6.70. The van der Waals surface area contributed by atoms with Crippen LogP contribution in [0.4, 0.5) is 0 Å². The molecule has 0 aromatic heterocycles. The minimum atomic E-state index is -0.319. The Kier molecular flexibility index (Phi) is 5.69. The maximum Gasteiger partial charge on any atom is 0.226 e. The Labute approximate surface area is 105 Å². The van der Waals surface area contributed by atoms with Crippen molar-refractivity contribution in [2.45, 2.75) is 40.0 Å². The van der Waals surface area contributed by atoms with Gasteiger partial charge in [0.1, 0.15) is 0 Å². The van der Waals surface area contributed by atoms with E-state index in [0.717, 1.165) is 19.0 Å². The van der Waals surface area contributed by atoms with Crippen LogP contribution >= 0.6 is 0 Å². The van der Waals surface area contributed by atoms with E-state index in [4.69, 9.17) is 0 Å². The third-order valence-corrected chi connectivity index (χ3v) is 3.33. The highest BCUT2D eigenvalue weighted by Gasteiger charge is 2.26. The summed E-state index contributed by atoms with van der Waals surface area (Å²) in [6.07, 6.45) is 8.17. The molecule has 1 rings (SSSR count). The fraction of sp³-hybridized carbons (Fsp3) is 0.786. The van der Waals surface area contributed by atoms with E-state index in [0.29, 0.717) is 6.54 Å². The van der Waals surface area contributed by atoms with Crippen molar-refractivity contribution < 1.29 is 4.79 Å². The van der Waals surface area contributed by atoms with Gasteiger partial charge in [0.15, 0.2) is 0 Å². The van der Waals surface area contributed by atoms with Crippen LogP contribution in [-0.2, 0) is 4.79 Å². The lowest BCUT2D eigenvalue weighted by atomic mass is 9.90. The Bertz CT molecular complexity index is 271. The Morgan fingerprint density at radius 3 is 2.76 bits per heavy atom. The van der Waals surface area contributed by atoms with E-state index in [2.05, 4.69) is 22.8 Å². The molecule has 0 bridgehead atoms. The molecule has 0 aliphatic heterocycles. The van der Waals surface area contributed by atoms with Crippen LogP contribution in [0.15, 0.2) is 12.2 Å². The van der Waals surface area contributed by atoms with Crippen molar-refractivity contribution in [3.8, 4) is 0 Å². The highest BCUT2D eigenvalue weighted by molar-refractivity contribution is 5.81. The summed E-state index contributed by atoms with van der Waals surface area (Å²) in [4.78, 5) is 11.8. The van der Waals surface area contributed by atoms with Gasteiger partial charge in [-0.3, -0.25) is 4.79 Å². The number of nitrogens with one attached hydrogen (secondary N) is 2. The first kappa shape index (κ1) is 14.2. The highest BCUT2D eigenvalue weighted by atomic mass is 16.2. The molecule has 0 radical (unpaired) electrons. The number of allylic oxidation sites excluding steroid dienone is 2. The van der Waals surface area contributed by atoms with Crippen LogP contribution in [0.3, 0.4) is 0 Å². The third kappa shape index (κ3) is 4.90. The number of carbonyl (C=O) groups is 1. The standard InChI is InChI=1S/C14H26N2O/c1-4-16-13(17)14(2,3)11-15-10-12-8-6-5-7-9-12/h5-6,12,15H,4,7-11H2,1-3H3,(H,16,17)/t12-/m1/s1. The minimum absolute atomic E-state index is 0.135. The van der Waals surface area contributed by atoms with Crippen molar-refractivity contribution in [3.63, 3.8) is 0 Å². The number of rotatable bonds is 6. The lowest BCUT2D eigenvalue weighted by Gasteiger charge is -2.25. The molecule has 0 aromatic rings. The maximum absolute atomic E-state index is 11.8. The van der Waals surface area contributed by atoms with Crippen molar-refractivity contribution in [1.82, 2.24) is 10.6 Å². The number of hydrogen-bond donors (Lipinski definition) is 2. The molecule has 1 amide bonds. The zero-order valence-electron chi connectivity index (χ0n) is 11.4. The largest absolute Gasteiger partial charge is 0.356 e. The molecule has 0 heterocycles. The Balaban J connectivity index is 2.24. The van der Waals surface area contributed by atoms with Crippen molar-refractivity contribution >= 4 is 5.91 Å². The molecule has 0 saturated heterocycles. The highest BCUT2D eigenvalue weighted by Crippen LogP contribution is 2.18. The fourth-order valence-corrected chi connectivity index (χ4v) is 2.11. The molecule has 2 N–H and O–H groups in total. The van der Waals surface area contributed by atoms with Crippen LogP contribution in [0.5, 0.6) is 0 Å². The van der Waals surface area contributed by atoms with Crippen LogP contribution in [0.25, 0.3) is 0 Å². The van der Waals surface area contributed by atoms with E-state index in [9.17, 15) is 4.79 Å². The van der Waals surface area contributed by atoms with Crippen LogP contribution in [0.1, 0.15) is 40.0 Å². The van der Waals surface area contributed by atoms with Gasteiger partial charge in [0.25, 0.3) is 0 Å². The van der Waals surface area contributed by atoms with Gasteiger partial charge < -0.3 is 10.6 Å². The Morgan fingerprint density at radius 2 is 2.18 bits per heavy atom. The molecule has 0 fully saturated rings. The summed E-state index contributed by atoms with van der Waals surface area (Å²) in [6, 6.07) is 0. The van der Waals surface area contributed by atoms with Gasteiger partial charge in [0.05, 0.1) is 5.41 Å². The van der Waals surface area contributed by atoms with Crippen LogP contribution in [0.2, 0.25) is 0 Å². The average molecular weight is 238 g/mol. The summed E-state index contributed by atoms with van der Waals surface area (Å²) in [5, 5.41) is 6.32. The van der Waals surface area contributed by atoms with Crippen LogP contribution in [0, 0.1) is 11.3 Å². The summed E-state index contributed by atoms with van der Waals surface area (Å²) in [7, 11) is 0. The lowest BCUT2D eigenvalue weighted by Crippen LogP contribution is -2.44. The van der Waals surface area contributed by atoms with E-state index in [1.54, 1.807) is 0 Å². The zero-order valence-corrected chi connectivity index (χ0v) is 11.4. The summed E-state index contributed by atoms with van der Waals surface area (Å²) in [6.45, 7) is 8.41. The minimum Gasteiger partial charge on any atom is -0.356 e. The van der Waals surface area contributed by atoms with Gasteiger partial charge in [-0.25, -0.2) is 0 Å². The molecule has 1 aliphatic carbocycles. The molecule has 0 saturated carbocycles. The molecule has 3 heteroatoms. The second-order valence-corrected chi connectivity index (χ2v) is 5.52. The predicted molar refractivity (Wildman–Crippen MR) is 71.8 cm³/mol. The lowest BCUT2D eigenvalue weighted by molar-refractivity contribution is -0.129. The van der Waals surface area contributed by atoms with Gasteiger partial charge in [0.2, 0.25) is 5.91 Å². The second kappa shape index (κ2) is 6.80. The molecule has 0 spiro atoms. The summed E-state index contributed by atoms with van der Waals surface area (Å²) in [5.41, 5.74) is -0.319. The van der Waals surface area contributed by atoms with Crippen molar-refractivity contribution in [3.05, 3.63) is 12.2 Å². The van der Waals surface area contributed by atoms with Gasteiger partial charge in [-0.2, -0.15) is 0 Å². The molecule has 1 aliphatic rings. The topological polar surface area (TPSA) is 41.1 Å². The molecular weight excluding hydrogens is 212 g/mol. The maximum atomic E-state index is 11.8. The number of carbonyl (C=O) groups excluding carboxylic acids is 1. The molecule has 3 nitrogen and oxygen atoms in total. The third-order valence-electron chi connectivity index (χ3n) is 3.33. The van der Waals surface area contributed by atoms with Gasteiger partial charge >= 0.3 is 0 Å². The summed E-state index contributed by atoms with van der Waals surface area (Å²) in [5.74, 6) is 0.876. The fourth-order valence-electron chi connectivity index (χ4n) is 2.11. The van der Waals surface area contributed by atoms with Gasteiger partial charge in [-0.05, 0) is 52.5 Å². The number of hydrogen-bond acceptors (Lipinski definition) is 2. The predicted octanol–water partition coefficient (Wildman–Crippen LogP) is 2.09. The monoisotopic (exact) mass is 238 g/mol. The van der Waals surface area contributed by atoms with E-state index >= 15 is 0 Å². The van der Waals surface area contributed by atoms with E-state index in [-0.39, 0.29) is 11.3 Å². The van der Waals surface area contributed by atoms with Gasteiger partial charge in [0, 0.05) is 13.1 Å². The smallest absolute Gasteiger partial charge is 0.226 e. The van der Waals surface area contributed by atoms with Crippen LogP contribution < -0.4 is 10.6 Å². The molecule has 1 atom stereocenters. The zero-order chi connectivity index (χ0) is 12.7. The van der Waals surface area contributed by atoms with E-state index < -0.39 is 0 Å². The first-order chi connectivity index (χ1) is 8.06. The molecule has 17 heavy (non-hydrogen) atoms. The Hall–Kier alpha value is -0.830. The van der Waals surface area contributed by atoms with Gasteiger partial charge in [-0.15, -0.1) is 0 Å². The van der Waals surface area contributed by atoms with Crippen LogP contribution in [-0.4, -0.2) is 25.5 Å². The molecule has 0 unspecified atom stereocenters. The molecule has 0 aromatic carbocycles. The Morgan fingerprint density at radius 1 is 1.41 bits per heavy atom. The normalized spacial score (nSPS) is 20.3. The van der Waals surface area contributed by atoms with Crippen molar-refractivity contribution in [2.75, 3.05) is 19.6 Å². The first-order valence-electron chi connectivity index (χ1n) is 6.70.